The summed E-state index contributed by atoms with van der Waals surface area (Å²) < 4.78 is 13.2. The van der Waals surface area contributed by atoms with Crippen molar-refractivity contribution in [2.45, 2.75) is 24.4 Å². The topological polar surface area (TPSA) is 191 Å². The van der Waals surface area contributed by atoms with Crippen LogP contribution in [0, 0.1) is 0 Å². The van der Waals surface area contributed by atoms with Crippen molar-refractivity contribution in [3.8, 4) is 0 Å². The number of carbonyl (C=O) groups excluding carboxylic acids is 1. The Kier molecular flexibility index (Phi) is 14.8. The van der Waals surface area contributed by atoms with E-state index in [4.69, 9.17) is 25.5 Å². The van der Waals surface area contributed by atoms with Crippen LogP contribution in [0.2, 0.25) is 0 Å². The summed E-state index contributed by atoms with van der Waals surface area (Å²) in [5.74, 6) is -2.00. The molecule has 0 saturated heterocycles. The Bertz CT molecular complexity index is 308. The van der Waals surface area contributed by atoms with E-state index < -0.39 is 44.8 Å². The predicted octanol–water partition coefficient (Wildman–Crippen LogP) is -11.2. The van der Waals surface area contributed by atoms with Gasteiger partial charge in [0.2, 0.25) is 0 Å². The number of phosphoric ester groups is 1. The van der Waals surface area contributed by atoms with Crippen LogP contribution < -0.4 is 68.9 Å². The van der Waals surface area contributed by atoms with E-state index in [9.17, 15) is 19.1 Å². The number of phosphoric acid groups is 1. The molecular weight excluding hydrogens is 309 g/mol. The molecule has 10 nitrogen and oxygen atoms in total. The van der Waals surface area contributed by atoms with Gasteiger partial charge in [0.05, 0.1) is 6.61 Å². The van der Waals surface area contributed by atoms with Crippen molar-refractivity contribution in [1.82, 2.24) is 0 Å². The number of hydrogen-bond donors (Lipinski definition) is 5. The Morgan fingerprint density at radius 3 is 1.84 bits per heavy atom. The van der Waals surface area contributed by atoms with Gasteiger partial charge in [-0.3, -0.25) is 0 Å². The molecule has 0 aliphatic heterocycles. The zero-order valence-electron chi connectivity index (χ0n) is 10.2. The van der Waals surface area contributed by atoms with E-state index >= 15 is 0 Å². The fourth-order valence-electron chi connectivity index (χ4n) is 0.826. The molecule has 0 aromatic carbocycles. The molecule has 0 aliphatic rings. The molecule has 0 unspecified atom stereocenters. The van der Waals surface area contributed by atoms with Crippen LogP contribution in [0.25, 0.3) is 0 Å². The van der Waals surface area contributed by atoms with Gasteiger partial charge in [-0.1, -0.05) is 0 Å². The second-order valence-corrected chi connectivity index (χ2v) is 4.11. The van der Waals surface area contributed by atoms with Crippen LogP contribution in [0.4, 0.5) is 0 Å². The quantitative estimate of drug-likeness (QED) is 0.232. The Hall–Kier alpha value is 1.42. The summed E-state index contributed by atoms with van der Waals surface area (Å²) in [6, 6.07) is 0. The van der Waals surface area contributed by atoms with E-state index in [1.807, 2.05) is 0 Å². The van der Waals surface area contributed by atoms with Crippen LogP contribution in [0.1, 0.15) is 0 Å². The molecule has 102 valence electrons. The van der Waals surface area contributed by atoms with Crippen molar-refractivity contribution in [3.05, 3.63) is 0 Å². The van der Waals surface area contributed by atoms with Gasteiger partial charge in [-0.25, -0.2) is 4.79 Å². The molecule has 5 N–H and O–H groups in total. The van der Waals surface area contributed by atoms with Crippen molar-refractivity contribution in [2.24, 2.45) is 0 Å². The molecular formula is C6H11Na2O10P. The van der Waals surface area contributed by atoms with E-state index in [1.54, 1.807) is 0 Å². The van der Waals surface area contributed by atoms with Gasteiger partial charge in [0, 0.05) is 0 Å². The smallest absolute Gasteiger partial charge is 0.780 e. The van der Waals surface area contributed by atoms with Gasteiger partial charge in [-0.15, -0.1) is 0 Å². The third-order valence-electron chi connectivity index (χ3n) is 1.70. The minimum Gasteiger partial charge on any atom is -0.780 e. The maximum atomic E-state index is 10.8. The average molecular weight is 320 g/mol. The molecule has 0 aromatic rings. The summed E-state index contributed by atoms with van der Waals surface area (Å²) in [4.78, 5) is 30.8. The van der Waals surface area contributed by atoms with Crippen LogP contribution in [-0.4, -0.2) is 62.5 Å². The van der Waals surface area contributed by atoms with E-state index in [2.05, 4.69) is 4.52 Å². The van der Waals surface area contributed by atoms with Crippen molar-refractivity contribution < 1.29 is 108 Å². The maximum absolute atomic E-state index is 10.8. The van der Waals surface area contributed by atoms with Gasteiger partial charge < -0.3 is 44.4 Å². The first-order valence-electron chi connectivity index (χ1n) is 4.18. The Morgan fingerprint density at radius 1 is 1.11 bits per heavy atom. The molecule has 0 spiro atoms. The first-order valence-corrected chi connectivity index (χ1v) is 5.65. The molecule has 0 amide bonds. The molecule has 0 saturated carbocycles. The minimum absolute atomic E-state index is 0. The number of rotatable bonds is 6. The summed E-state index contributed by atoms with van der Waals surface area (Å²) in [5, 5.41) is 44.4. The molecule has 0 aromatic heterocycles. The summed E-state index contributed by atoms with van der Waals surface area (Å²) >= 11 is 0. The molecule has 0 rings (SSSR count). The Morgan fingerprint density at radius 2 is 1.53 bits per heavy atom. The van der Waals surface area contributed by atoms with Crippen molar-refractivity contribution >= 4 is 13.8 Å². The minimum atomic E-state index is -5.69. The molecule has 0 heterocycles. The van der Waals surface area contributed by atoms with Crippen LogP contribution in [-0.2, 0) is 13.9 Å². The van der Waals surface area contributed by atoms with Gasteiger partial charge in [-0.2, -0.15) is 0 Å². The summed E-state index contributed by atoms with van der Waals surface area (Å²) in [5.41, 5.74) is 0. The SMILES string of the molecule is O=C(OP(=O)([O-])[O-])[C@@H](O)[C@@H](O)[C@H](O)[C@H](O)CO.[Na+].[Na+]. The Balaban J connectivity index is -0.00000128. The van der Waals surface area contributed by atoms with Crippen molar-refractivity contribution in [2.75, 3.05) is 6.61 Å². The van der Waals surface area contributed by atoms with Gasteiger partial charge in [0.1, 0.15) is 26.1 Å². The normalized spacial score (nSPS) is 17.2. The monoisotopic (exact) mass is 320 g/mol. The summed E-state index contributed by atoms with van der Waals surface area (Å²) in [6.45, 7) is -0.985. The predicted molar refractivity (Wildman–Crippen MR) is 44.8 cm³/mol. The molecule has 0 radical (unpaired) electrons. The molecule has 19 heavy (non-hydrogen) atoms. The summed E-state index contributed by atoms with van der Waals surface area (Å²) in [6.07, 6.45) is -8.92. The first kappa shape index (κ1) is 25.4. The van der Waals surface area contributed by atoms with Crippen molar-refractivity contribution in [3.63, 3.8) is 0 Å². The zero-order chi connectivity index (χ0) is 13.8. The van der Waals surface area contributed by atoms with E-state index in [1.165, 1.54) is 0 Å². The van der Waals surface area contributed by atoms with Gasteiger partial charge in [0.25, 0.3) is 0 Å². The largest absolute Gasteiger partial charge is 1.00 e. The van der Waals surface area contributed by atoms with Gasteiger partial charge in [0.15, 0.2) is 6.10 Å². The summed E-state index contributed by atoms with van der Waals surface area (Å²) in [7, 11) is -5.69. The molecule has 13 heteroatoms. The molecule has 0 bridgehead atoms. The van der Waals surface area contributed by atoms with Crippen LogP contribution in [0.15, 0.2) is 0 Å². The standard InChI is InChI=1S/C6H13O10P.2Na/c7-1-2(8)3(9)4(10)5(11)6(12)16-17(13,14)15;;/h2-5,7-11H,1H2,(H2,13,14,15);;/q;2*+1/p-2/t2-,3-,4+,5+;;/m1../s1. The van der Waals surface area contributed by atoms with Crippen molar-refractivity contribution in [1.29, 1.82) is 0 Å². The number of aliphatic hydroxyl groups is 5. The molecule has 0 fully saturated rings. The fourth-order valence-corrected chi connectivity index (χ4v) is 1.15. The van der Waals surface area contributed by atoms with Gasteiger partial charge in [-0.05, 0) is 0 Å². The van der Waals surface area contributed by atoms with Crippen LogP contribution >= 0.6 is 7.82 Å². The van der Waals surface area contributed by atoms with Gasteiger partial charge >= 0.3 is 65.1 Å². The number of carbonyl (C=O) groups is 1. The number of aliphatic hydroxyl groups excluding tert-OH is 5. The average Bonchev–Trinajstić information content (AvgIpc) is 2.22. The van der Waals surface area contributed by atoms with E-state index in [-0.39, 0.29) is 59.1 Å². The first-order chi connectivity index (χ1) is 7.60. The zero-order valence-corrected chi connectivity index (χ0v) is 15.1. The van der Waals surface area contributed by atoms with E-state index in [0.717, 1.165) is 0 Å². The maximum Gasteiger partial charge on any atom is 1.00 e. The Labute approximate surface area is 152 Å². The third kappa shape index (κ3) is 9.88. The van der Waals surface area contributed by atoms with E-state index in [0.29, 0.717) is 0 Å². The second-order valence-electron chi connectivity index (χ2n) is 3.03. The molecule has 4 atom stereocenters. The van der Waals surface area contributed by atoms with Crippen LogP contribution in [0.5, 0.6) is 0 Å². The third-order valence-corrected chi connectivity index (χ3v) is 2.10. The second kappa shape index (κ2) is 11.0. The van der Waals surface area contributed by atoms with Crippen LogP contribution in [0.3, 0.4) is 0 Å². The molecule has 0 aliphatic carbocycles. The fraction of sp³-hybridized carbons (Fsp3) is 0.833. The number of hydrogen-bond acceptors (Lipinski definition) is 10.